The number of nitrogens with one attached hydrogen (secondary N) is 4. The van der Waals surface area contributed by atoms with E-state index in [1.807, 2.05) is 91.9 Å². The molecule has 5 aromatic rings. The van der Waals surface area contributed by atoms with E-state index in [1.54, 1.807) is 12.1 Å². The number of hydrogen-bond acceptors (Lipinski definition) is 8. The monoisotopic (exact) mass is 803 g/mol. The molecule has 2 heterocycles. The van der Waals surface area contributed by atoms with E-state index in [4.69, 9.17) is 9.16 Å². The summed E-state index contributed by atoms with van der Waals surface area (Å²) in [5, 5.41) is 20.8. The van der Waals surface area contributed by atoms with Gasteiger partial charge in [-0.25, -0.2) is 4.79 Å². The van der Waals surface area contributed by atoms with Gasteiger partial charge in [-0.3, -0.25) is 14.9 Å². The average molecular weight is 804 g/mol. The first kappa shape index (κ1) is 42.3. The fourth-order valence-corrected chi connectivity index (χ4v) is 8.27. The Balaban J connectivity index is 0.959. The van der Waals surface area contributed by atoms with Gasteiger partial charge >= 0.3 is 6.09 Å². The van der Waals surface area contributed by atoms with Crippen LogP contribution in [-0.2, 0) is 20.5 Å². The van der Waals surface area contributed by atoms with E-state index in [1.165, 1.54) is 6.07 Å². The van der Waals surface area contributed by atoms with E-state index in [0.29, 0.717) is 50.1 Å². The van der Waals surface area contributed by atoms with Gasteiger partial charge in [0, 0.05) is 61.8 Å². The zero-order valence-electron chi connectivity index (χ0n) is 34.5. The number of ether oxygens (including phenoxy) is 1. The molecule has 0 bridgehead atoms. The maximum atomic E-state index is 13.0. The second kappa shape index (κ2) is 18.1. The number of pyridine rings is 1. The van der Waals surface area contributed by atoms with Gasteiger partial charge in [0.1, 0.15) is 11.4 Å². The van der Waals surface area contributed by atoms with Crippen molar-refractivity contribution in [3.63, 3.8) is 0 Å². The molecule has 11 nitrogen and oxygen atoms in total. The van der Waals surface area contributed by atoms with Crippen LogP contribution in [0.5, 0.6) is 5.75 Å². The summed E-state index contributed by atoms with van der Waals surface area (Å²) in [6.45, 7) is 16.2. The largest absolute Gasteiger partial charge is 0.506 e. The summed E-state index contributed by atoms with van der Waals surface area (Å²) >= 11 is 0. The van der Waals surface area contributed by atoms with Gasteiger partial charge < -0.3 is 34.8 Å². The number of amides is 2. The number of aromatic hydroxyl groups is 1. The number of para-hydroxylation sites is 1. The zero-order chi connectivity index (χ0) is 41.5. The number of phenolic OH excluding ortho intramolecular Hbond substituents is 1. The number of phenols is 1. The summed E-state index contributed by atoms with van der Waals surface area (Å²) in [6, 6.07) is 32.1. The van der Waals surface area contributed by atoms with Gasteiger partial charge in [-0.15, -0.1) is 0 Å². The molecule has 58 heavy (non-hydrogen) atoms. The predicted molar refractivity (Wildman–Crippen MR) is 235 cm³/mol. The van der Waals surface area contributed by atoms with E-state index in [2.05, 4.69) is 59.7 Å². The van der Waals surface area contributed by atoms with Crippen LogP contribution in [0, 0.1) is 0 Å². The number of fused-ring (bicyclic) bond motifs is 1. The fraction of sp³-hybridized carbons (Fsp3) is 0.370. The fourth-order valence-electron chi connectivity index (χ4n) is 7.00. The van der Waals surface area contributed by atoms with Crippen molar-refractivity contribution in [3.8, 4) is 16.9 Å². The lowest BCUT2D eigenvalue weighted by Gasteiger charge is -2.39. The minimum atomic E-state index is -2.21. The molecule has 306 valence electrons. The van der Waals surface area contributed by atoms with Gasteiger partial charge in [-0.05, 0) is 84.9 Å². The van der Waals surface area contributed by atoms with E-state index in [0.717, 1.165) is 46.4 Å². The minimum absolute atomic E-state index is 0.0202. The standard InChI is InChI=1S/C46H57N5O6Si/c1-45(2,3)58(5,6)57-40(36-20-22-39(52)43-37(36)21-23-41(53)50-43)31-47-30-32-16-18-34(19-17-32)48-42(54)24-27-51-28-25-46(4,26-29-51)56-44(55)49-38-15-11-10-14-35(38)33-12-8-7-9-13-33/h7-23,40,47,52H,24-31H2,1-6H3,(H,48,54)(H,49,55)(H,50,53)/t40-/m0/s1. The van der Waals surface area contributed by atoms with Gasteiger partial charge in [-0.1, -0.05) is 87.5 Å². The van der Waals surface area contributed by atoms with Gasteiger partial charge in [0.15, 0.2) is 8.32 Å². The first-order valence-electron chi connectivity index (χ1n) is 20.1. The quantitative estimate of drug-likeness (QED) is 0.0700. The number of piperidine rings is 1. The third kappa shape index (κ3) is 10.8. The summed E-state index contributed by atoms with van der Waals surface area (Å²) in [5.41, 5.74) is 4.87. The number of carbonyl (C=O) groups is 2. The third-order valence-corrected chi connectivity index (χ3v) is 16.0. The van der Waals surface area contributed by atoms with Crippen LogP contribution in [0.1, 0.15) is 64.2 Å². The molecule has 0 aliphatic carbocycles. The molecule has 1 aliphatic heterocycles. The van der Waals surface area contributed by atoms with Crippen LogP contribution in [0.2, 0.25) is 18.1 Å². The molecule has 0 saturated carbocycles. The van der Waals surface area contributed by atoms with Gasteiger partial charge in [0.05, 0.1) is 17.3 Å². The Morgan fingerprint density at radius 2 is 1.59 bits per heavy atom. The summed E-state index contributed by atoms with van der Waals surface area (Å²) in [6.07, 6.45) is 0.915. The number of carbonyl (C=O) groups excluding carboxylic acids is 2. The summed E-state index contributed by atoms with van der Waals surface area (Å²) < 4.78 is 12.9. The number of anilines is 2. The summed E-state index contributed by atoms with van der Waals surface area (Å²) in [7, 11) is -2.21. The van der Waals surface area contributed by atoms with Crippen LogP contribution in [-0.4, -0.2) is 67.1 Å². The van der Waals surface area contributed by atoms with Crippen LogP contribution >= 0.6 is 0 Å². The smallest absolute Gasteiger partial charge is 0.412 e. The molecular weight excluding hydrogens is 747 g/mol. The van der Waals surface area contributed by atoms with Crippen LogP contribution in [0.15, 0.2) is 108 Å². The number of rotatable bonds is 14. The number of likely N-dealkylation sites (tertiary alicyclic amines) is 1. The second-order valence-corrected chi connectivity index (χ2v) is 21.8. The van der Waals surface area contributed by atoms with Crippen molar-refractivity contribution in [3.05, 3.63) is 125 Å². The van der Waals surface area contributed by atoms with E-state index in [-0.39, 0.29) is 28.4 Å². The first-order chi connectivity index (χ1) is 27.6. The number of benzene rings is 4. The molecule has 6 rings (SSSR count). The maximum absolute atomic E-state index is 13.0. The van der Waals surface area contributed by atoms with Crippen LogP contribution in [0.25, 0.3) is 22.0 Å². The highest BCUT2D eigenvalue weighted by molar-refractivity contribution is 6.74. The lowest BCUT2D eigenvalue weighted by molar-refractivity contribution is -0.116. The molecule has 1 atom stereocenters. The van der Waals surface area contributed by atoms with Crippen LogP contribution in [0.3, 0.4) is 0 Å². The van der Waals surface area contributed by atoms with Crippen molar-refractivity contribution in [1.82, 2.24) is 15.2 Å². The van der Waals surface area contributed by atoms with Crippen LogP contribution < -0.4 is 21.5 Å². The van der Waals surface area contributed by atoms with Gasteiger partial charge in [0.2, 0.25) is 11.5 Å². The highest BCUT2D eigenvalue weighted by Gasteiger charge is 2.40. The lowest BCUT2D eigenvalue weighted by atomic mass is 9.93. The van der Waals surface area contributed by atoms with Gasteiger partial charge in [-0.2, -0.15) is 0 Å². The Morgan fingerprint density at radius 1 is 0.897 bits per heavy atom. The molecule has 2 amide bonds. The molecule has 0 radical (unpaired) electrons. The Morgan fingerprint density at radius 3 is 2.29 bits per heavy atom. The zero-order valence-corrected chi connectivity index (χ0v) is 35.5. The predicted octanol–water partition coefficient (Wildman–Crippen LogP) is 9.19. The van der Waals surface area contributed by atoms with E-state index < -0.39 is 20.0 Å². The Hall–Kier alpha value is -5.27. The van der Waals surface area contributed by atoms with Crippen LogP contribution in [0.4, 0.5) is 16.2 Å². The molecule has 1 fully saturated rings. The highest BCUT2D eigenvalue weighted by Crippen LogP contribution is 2.41. The maximum Gasteiger partial charge on any atom is 0.412 e. The number of nitrogens with zero attached hydrogens (tertiary/aromatic N) is 1. The molecule has 12 heteroatoms. The minimum Gasteiger partial charge on any atom is -0.506 e. The van der Waals surface area contributed by atoms with E-state index in [9.17, 15) is 19.5 Å². The second-order valence-electron chi connectivity index (χ2n) is 17.0. The van der Waals surface area contributed by atoms with E-state index >= 15 is 0 Å². The average Bonchev–Trinajstić information content (AvgIpc) is 3.18. The molecule has 1 aliphatic rings. The lowest BCUT2D eigenvalue weighted by Crippen LogP contribution is -2.46. The van der Waals surface area contributed by atoms with Crippen molar-refractivity contribution in [1.29, 1.82) is 0 Å². The molecule has 1 saturated heterocycles. The topological polar surface area (TPSA) is 145 Å². The van der Waals surface area contributed by atoms with Crippen molar-refractivity contribution >= 4 is 42.6 Å². The van der Waals surface area contributed by atoms with Crippen molar-refractivity contribution in [2.45, 2.75) is 83.3 Å². The molecular formula is C46H57N5O6Si. The molecule has 4 aromatic carbocycles. The number of aromatic amines is 1. The SMILES string of the molecule is CC1(OC(=O)Nc2ccccc2-c2ccccc2)CCN(CCC(=O)Nc2ccc(CNC[C@H](O[Si](C)(C)C(C)(C)C)c3ccc(O)c4[nH]c(=O)ccc34)cc2)CC1. The Kier molecular flexibility index (Phi) is 13.2. The first-order valence-corrected chi connectivity index (χ1v) is 23.0. The molecule has 0 spiro atoms. The number of H-pyrrole nitrogens is 1. The highest BCUT2D eigenvalue weighted by atomic mass is 28.4. The van der Waals surface area contributed by atoms with Crippen molar-refractivity contribution in [2.75, 3.05) is 36.8 Å². The Bertz CT molecular complexity index is 2250. The number of aromatic nitrogens is 1. The van der Waals surface area contributed by atoms with Crippen molar-refractivity contribution < 1.29 is 23.9 Å². The normalized spacial score (nSPS) is 15.1. The molecule has 0 unspecified atom stereocenters. The summed E-state index contributed by atoms with van der Waals surface area (Å²) in [4.78, 5) is 43.0. The summed E-state index contributed by atoms with van der Waals surface area (Å²) in [5.74, 6) is -0.0347. The molecule has 5 N–H and O–H groups in total. The number of hydrogen-bond donors (Lipinski definition) is 5. The van der Waals surface area contributed by atoms with Crippen molar-refractivity contribution in [2.24, 2.45) is 0 Å². The third-order valence-electron chi connectivity index (χ3n) is 11.5. The Labute approximate surface area is 342 Å². The molecule has 1 aromatic heterocycles. The van der Waals surface area contributed by atoms with Gasteiger partial charge in [0.25, 0.3) is 0 Å².